The summed E-state index contributed by atoms with van der Waals surface area (Å²) in [5.74, 6) is 0.628. The van der Waals surface area contributed by atoms with Crippen molar-refractivity contribution in [1.82, 2.24) is 5.32 Å². The third-order valence-electron chi connectivity index (χ3n) is 3.69. The number of benzene rings is 1. The predicted molar refractivity (Wildman–Crippen MR) is 95.1 cm³/mol. The molecule has 0 fully saturated rings. The van der Waals surface area contributed by atoms with Crippen LogP contribution in [0.1, 0.15) is 59.9 Å². The van der Waals surface area contributed by atoms with Gasteiger partial charge in [0, 0.05) is 10.6 Å². The van der Waals surface area contributed by atoms with Crippen molar-refractivity contribution in [1.29, 1.82) is 0 Å². The number of hydrogen-bond acceptors (Lipinski definition) is 1. The largest absolute Gasteiger partial charge is 0.312 e. The molecule has 1 aromatic rings. The minimum absolute atomic E-state index is 0.167. The highest BCUT2D eigenvalue weighted by Gasteiger charge is 2.19. The molecule has 0 aliphatic heterocycles. The smallest absolute Gasteiger partial charge is 0.0438 e. The van der Waals surface area contributed by atoms with E-state index in [0.29, 0.717) is 11.3 Å². The summed E-state index contributed by atoms with van der Waals surface area (Å²) in [6, 6.07) is 8.24. The molecule has 0 saturated carbocycles. The lowest BCUT2D eigenvalue weighted by atomic mass is 9.84. The summed E-state index contributed by atoms with van der Waals surface area (Å²) in [6.07, 6.45) is 3.53. The quantitative estimate of drug-likeness (QED) is 0.709. The van der Waals surface area contributed by atoms with E-state index >= 15 is 0 Å². The van der Waals surface area contributed by atoms with E-state index in [1.54, 1.807) is 0 Å². The van der Waals surface area contributed by atoms with Gasteiger partial charge in [-0.3, -0.25) is 0 Å². The molecule has 0 spiro atoms. The third kappa shape index (κ3) is 8.48. The molecule has 1 unspecified atom stereocenters. The first-order valence-electron chi connectivity index (χ1n) is 8.05. The SMILES string of the molecule is CC(C)(C)CCC(CNC(C)(C)C)Cc1ccccc1Cl. The average molecular weight is 310 g/mol. The second kappa shape index (κ2) is 7.65. The van der Waals surface area contributed by atoms with Crippen LogP contribution in [0, 0.1) is 11.3 Å². The second-order valence-corrected chi connectivity index (χ2v) is 8.80. The van der Waals surface area contributed by atoms with Crippen molar-refractivity contribution in [2.45, 2.75) is 66.3 Å². The van der Waals surface area contributed by atoms with Gasteiger partial charge in [-0.2, -0.15) is 0 Å². The Morgan fingerprint density at radius 3 is 2.19 bits per heavy atom. The Hall–Kier alpha value is -0.530. The maximum absolute atomic E-state index is 6.33. The van der Waals surface area contributed by atoms with Crippen molar-refractivity contribution in [2.75, 3.05) is 6.54 Å². The third-order valence-corrected chi connectivity index (χ3v) is 4.06. The van der Waals surface area contributed by atoms with Gasteiger partial charge >= 0.3 is 0 Å². The average Bonchev–Trinajstić information content (AvgIpc) is 2.33. The molecule has 0 amide bonds. The molecule has 0 bridgehead atoms. The van der Waals surface area contributed by atoms with Crippen LogP contribution in [0.15, 0.2) is 24.3 Å². The molecule has 0 aliphatic carbocycles. The van der Waals surface area contributed by atoms with Crippen molar-refractivity contribution in [3.63, 3.8) is 0 Å². The molecule has 0 saturated heterocycles. The topological polar surface area (TPSA) is 12.0 Å². The van der Waals surface area contributed by atoms with Crippen LogP contribution in [0.25, 0.3) is 0 Å². The summed E-state index contributed by atoms with van der Waals surface area (Å²) in [6.45, 7) is 14.7. The predicted octanol–water partition coefficient (Wildman–Crippen LogP) is 5.71. The zero-order valence-electron chi connectivity index (χ0n) is 14.6. The molecule has 120 valence electrons. The monoisotopic (exact) mass is 309 g/mol. The van der Waals surface area contributed by atoms with Crippen molar-refractivity contribution in [3.05, 3.63) is 34.9 Å². The number of halogens is 1. The Morgan fingerprint density at radius 2 is 1.67 bits per heavy atom. The van der Waals surface area contributed by atoms with Crippen molar-refractivity contribution < 1.29 is 0 Å². The first kappa shape index (κ1) is 18.5. The molecule has 0 aromatic heterocycles. The minimum atomic E-state index is 0.167. The maximum atomic E-state index is 6.33. The lowest BCUT2D eigenvalue weighted by Crippen LogP contribution is -2.39. The lowest BCUT2D eigenvalue weighted by molar-refractivity contribution is 0.295. The van der Waals surface area contributed by atoms with Crippen LogP contribution < -0.4 is 5.32 Å². The fourth-order valence-corrected chi connectivity index (χ4v) is 2.55. The summed E-state index contributed by atoms with van der Waals surface area (Å²) >= 11 is 6.33. The Balaban J connectivity index is 2.69. The van der Waals surface area contributed by atoms with Gasteiger partial charge in [0.25, 0.3) is 0 Å². The van der Waals surface area contributed by atoms with Crippen molar-refractivity contribution in [3.8, 4) is 0 Å². The second-order valence-electron chi connectivity index (χ2n) is 8.39. The van der Waals surface area contributed by atoms with Crippen LogP contribution in [-0.4, -0.2) is 12.1 Å². The minimum Gasteiger partial charge on any atom is -0.312 e. The van der Waals surface area contributed by atoms with Gasteiger partial charge in [0.2, 0.25) is 0 Å². The van der Waals surface area contributed by atoms with Crippen LogP contribution in [0.3, 0.4) is 0 Å². The highest BCUT2D eigenvalue weighted by molar-refractivity contribution is 6.31. The molecule has 1 aromatic carbocycles. The van der Waals surface area contributed by atoms with E-state index in [0.717, 1.165) is 18.0 Å². The molecule has 2 heteroatoms. The molecule has 0 aliphatic rings. The Bertz CT molecular complexity index is 408. The standard InChI is InChI=1S/C19H32ClN/c1-18(2,3)12-11-15(14-21-19(4,5)6)13-16-9-7-8-10-17(16)20/h7-10,15,21H,11-14H2,1-6H3. The molecular formula is C19H32ClN. The summed E-state index contributed by atoms with van der Waals surface area (Å²) in [7, 11) is 0. The maximum Gasteiger partial charge on any atom is 0.0438 e. The zero-order valence-corrected chi connectivity index (χ0v) is 15.3. The Kier molecular flexibility index (Phi) is 6.74. The number of hydrogen-bond donors (Lipinski definition) is 1. The van der Waals surface area contributed by atoms with E-state index in [4.69, 9.17) is 11.6 Å². The van der Waals surface area contributed by atoms with Gasteiger partial charge in [0.1, 0.15) is 0 Å². The highest BCUT2D eigenvalue weighted by Crippen LogP contribution is 2.27. The fraction of sp³-hybridized carbons (Fsp3) is 0.684. The first-order chi connectivity index (χ1) is 9.57. The Labute approximate surface area is 136 Å². The summed E-state index contributed by atoms with van der Waals surface area (Å²) in [5.41, 5.74) is 1.83. The molecular weight excluding hydrogens is 278 g/mol. The molecule has 1 atom stereocenters. The van der Waals surface area contributed by atoms with E-state index in [1.165, 1.54) is 18.4 Å². The van der Waals surface area contributed by atoms with Crippen molar-refractivity contribution >= 4 is 11.6 Å². The lowest BCUT2D eigenvalue weighted by Gasteiger charge is -2.28. The van der Waals surface area contributed by atoms with Gasteiger partial charge in [0.05, 0.1) is 0 Å². The van der Waals surface area contributed by atoms with Gasteiger partial charge in [-0.25, -0.2) is 0 Å². The molecule has 0 radical (unpaired) electrons. The van der Waals surface area contributed by atoms with Gasteiger partial charge in [-0.05, 0) is 69.5 Å². The summed E-state index contributed by atoms with van der Waals surface area (Å²) in [4.78, 5) is 0. The van der Waals surface area contributed by atoms with Crippen LogP contribution in [0.5, 0.6) is 0 Å². The van der Waals surface area contributed by atoms with Gasteiger partial charge in [-0.15, -0.1) is 0 Å². The van der Waals surface area contributed by atoms with E-state index in [1.807, 2.05) is 12.1 Å². The van der Waals surface area contributed by atoms with Crippen molar-refractivity contribution in [2.24, 2.45) is 11.3 Å². The Morgan fingerprint density at radius 1 is 1.05 bits per heavy atom. The van der Waals surface area contributed by atoms with E-state index < -0.39 is 0 Å². The van der Waals surface area contributed by atoms with Crippen LogP contribution in [0.2, 0.25) is 5.02 Å². The first-order valence-corrected chi connectivity index (χ1v) is 8.43. The van der Waals surface area contributed by atoms with E-state index in [2.05, 4.69) is 59.0 Å². The van der Waals surface area contributed by atoms with E-state index in [-0.39, 0.29) is 5.54 Å². The number of nitrogens with one attached hydrogen (secondary N) is 1. The molecule has 0 heterocycles. The molecule has 1 rings (SSSR count). The zero-order chi connectivity index (χ0) is 16.1. The van der Waals surface area contributed by atoms with Crippen LogP contribution in [0.4, 0.5) is 0 Å². The van der Waals surface area contributed by atoms with Gasteiger partial charge in [-0.1, -0.05) is 50.6 Å². The van der Waals surface area contributed by atoms with Gasteiger partial charge in [0.15, 0.2) is 0 Å². The van der Waals surface area contributed by atoms with Gasteiger partial charge < -0.3 is 5.32 Å². The van der Waals surface area contributed by atoms with Crippen LogP contribution in [-0.2, 0) is 6.42 Å². The number of rotatable bonds is 6. The molecule has 1 nitrogen and oxygen atoms in total. The molecule has 1 N–H and O–H groups in total. The van der Waals surface area contributed by atoms with Crippen LogP contribution >= 0.6 is 11.6 Å². The summed E-state index contributed by atoms with van der Waals surface area (Å²) in [5, 5.41) is 4.55. The summed E-state index contributed by atoms with van der Waals surface area (Å²) < 4.78 is 0. The highest BCUT2D eigenvalue weighted by atomic mass is 35.5. The molecule has 21 heavy (non-hydrogen) atoms. The van der Waals surface area contributed by atoms with E-state index in [9.17, 15) is 0 Å². The normalized spacial score (nSPS) is 14.2. The fourth-order valence-electron chi connectivity index (χ4n) is 2.34.